The molecule has 0 saturated heterocycles. The Morgan fingerprint density at radius 1 is 0.269 bits per heavy atom. The van der Waals surface area contributed by atoms with Gasteiger partial charge in [-0.25, -0.2) is 0 Å². The van der Waals surface area contributed by atoms with Crippen LogP contribution in [-0.4, -0.2) is 0 Å². The highest BCUT2D eigenvalue weighted by molar-refractivity contribution is 6.23. The van der Waals surface area contributed by atoms with Crippen molar-refractivity contribution in [3.05, 3.63) is 267 Å². The van der Waals surface area contributed by atoms with E-state index in [0.29, 0.717) is 0 Å². The molecule has 3 aromatic heterocycles. The van der Waals surface area contributed by atoms with Gasteiger partial charge in [0.15, 0.2) is 0 Å². The standard InChI is InChI=1S/C89H69NO3/c1-46-33-37-51(47(2)41-46)60-45-66-70(73-57-25-15-20-30-67(57)91-82(60)73)54-38-34-48(42-63(54)85(66,3)4)90(49-35-39-55-64(43-49)88(9,10)79-72(55)75-59-27-17-22-32-69(59)92-83(75)76-53-24-14-19-29-62(53)87(7,8)80(76)79)50-36-40-56-65(44-50)89(11,12)81-77(56)84-74(58-26-16-21-31-68(58)93-84)71-52-23-13-18-28-61(52)86(5,6)78(71)81/h13-45H,1-12H3. The number of hydrogen-bond donors (Lipinski definition) is 0. The molecule has 0 N–H and O–H groups in total. The molecule has 0 amide bonds. The number of para-hydroxylation sites is 3. The van der Waals surface area contributed by atoms with Gasteiger partial charge in [0.2, 0.25) is 0 Å². The summed E-state index contributed by atoms with van der Waals surface area (Å²) in [5, 5.41) is 7.08. The number of hydrogen-bond acceptors (Lipinski definition) is 4. The number of furan rings is 3. The van der Waals surface area contributed by atoms with Gasteiger partial charge in [-0.1, -0.05) is 214 Å². The van der Waals surface area contributed by atoms with Gasteiger partial charge in [0, 0.05) is 93.1 Å². The van der Waals surface area contributed by atoms with Crippen molar-refractivity contribution in [3.63, 3.8) is 0 Å². The number of rotatable bonds is 4. The molecule has 448 valence electrons. The average Bonchev–Trinajstić information content (AvgIpc) is 1.51. The zero-order chi connectivity index (χ0) is 63.0. The van der Waals surface area contributed by atoms with E-state index in [-0.39, 0.29) is 16.2 Å². The van der Waals surface area contributed by atoms with Crippen LogP contribution in [0.15, 0.2) is 213 Å². The van der Waals surface area contributed by atoms with Crippen LogP contribution in [0.25, 0.3) is 133 Å². The first-order valence-corrected chi connectivity index (χ1v) is 33.3. The van der Waals surface area contributed by atoms with E-state index in [0.717, 1.165) is 66.9 Å². The van der Waals surface area contributed by atoms with Gasteiger partial charge < -0.3 is 18.2 Å². The van der Waals surface area contributed by atoms with Gasteiger partial charge in [-0.05, 0) is 186 Å². The minimum atomic E-state index is -0.415. The van der Waals surface area contributed by atoms with E-state index < -0.39 is 10.8 Å². The van der Waals surface area contributed by atoms with Crippen molar-refractivity contribution in [1.82, 2.24) is 0 Å². The van der Waals surface area contributed by atoms with Crippen LogP contribution in [0.5, 0.6) is 0 Å². The molecule has 0 bridgehead atoms. The van der Waals surface area contributed by atoms with Crippen LogP contribution in [0.3, 0.4) is 0 Å². The van der Waals surface area contributed by atoms with E-state index in [1.807, 2.05) is 0 Å². The lowest BCUT2D eigenvalue weighted by Crippen LogP contribution is -2.24. The predicted octanol–water partition coefficient (Wildman–Crippen LogP) is 24.7. The van der Waals surface area contributed by atoms with Gasteiger partial charge in [-0.3, -0.25) is 0 Å². The Balaban J connectivity index is 0.837. The lowest BCUT2D eigenvalue weighted by Gasteiger charge is -2.33. The summed E-state index contributed by atoms with van der Waals surface area (Å²) in [4.78, 5) is 2.58. The van der Waals surface area contributed by atoms with Crippen LogP contribution >= 0.6 is 0 Å². The molecule has 0 atom stereocenters. The van der Waals surface area contributed by atoms with Gasteiger partial charge in [0.25, 0.3) is 0 Å². The van der Waals surface area contributed by atoms with Crippen molar-refractivity contribution >= 4 is 82.9 Å². The Labute approximate surface area is 541 Å². The fourth-order valence-corrected chi connectivity index (χ4v) is 19.3. The van der Waals surface area contributed by atoms with Crippen LogP contribution in [0.2, 0.25) is 0 Å². The van der Waals surface area contributed by atoms with Crippen molar-refractivity contribution in [3.8, 4) is 66.8 Å². The van der Waals surface area contributed by atoms with Gasteiger partial charge in [-0.15, -0.1) is 0 Å². The van der Waals surface area contributed by atoms with Crippen molar-refractivity contribution < 1.29 is 13.3 Å². The molecule has 93 heavy (non-hydrogen) atoms. The Morgan fingerprint density at radius 3 is 1.11 bits per heavy atom. The minimum Gasteiger partial charge on any atom is -0.455 e. The van der Waals surface area contributed by atoms with Crippen LogP contribution < -0.4 is 4.90 Å². The summed E-state index contributed by atoms with van der Waals surface area (Å²) in [5.41, 5.74) is 38.2. The second-order valence-corrected chi connectivity index (χ2v) is 30.3. The van der Waals surface area contributed by atoms with Gasteiger partial charge in [0.05, 0.1) is 0 Å². The molecule has 5 aliphatic rings. The van der Waals surface area contributed by atoms with Gasteiger partial charge in [0.1, 0.15) is 33.5 Å². The molecule has 0 radical (unpaired) electrons. The van der Waals surface area contributed by atoms with Gasteiger partial charge in [-0.2, -0.15) is 0 Å². The maximum atomic E-state index is 7.22. The normalized spacial score (nSPS) is 16.4. The quantitative estimate of drug-likeness (QED) is 0.176. The number of benzene rings is 12. The highest BCUT2D eigenvalue weighted by Gasteiger charge is 2.51. The van der Waals surface area contributed by atoms with E-state index in [1.165, 1.54) is 150 Å². The first kappa shape index (κ1) is 53.5. The molecule has 4 heteroatoms. The van der Waals surface area contributed by atoms with E-state index in [2.05, 4.69) is 288 Å². The SMILES string of the molecule is Cc1ccc(-c2cc3c(c4c2oc2ccccc24)-c2ccc(N(c4ccc5c(c4)C(C)(C)c4c6c(c7c(oc8ccccc87)c4-5)-c4ccccc4C6(C)C)c4ccc5c(c4)C(C)(C)c4c6c(c7oc8ccccc8c7c4-5)-c4ccccc4C6(C)C)cc2C3(C)C)c(C)c1. The summed E-state index contributed by atoms with van der Waals surface area (Å²) in [5.74, 6) is 0. The first-order valence-electron chi connectivity index (χ1n) is 33.3. The van der Waals surface area contributed by atoms with Crippen molar-refractivity contribution in [2.45, 2.75) is 110 Å². The molecular formula is C89H69NO3. The molecule has 12 aromatic carbocycles. The third-order valence-corrected chi connectivity index (χ3v) is 23.5. The Kier molecular flexibility index (Phi) is 9.95. The number of nitrogens with zero attached hydrogens (tertiary/aromatic N) is 1. The van der Waals surface area contributed by atoms with Crippen molar-refractivity contribution in [2.24, 2.45) is 0 Å². The van der Waals surface area contributed by atoms with Crippen molar-refractivity contribution in [2.75, 3.05) is 4.90 Å². The van der Waals surface area contributed by atoms with Crippen LogP contribution in [0.1, 0.15) is 136 Å². The summed E-state index contributed by atoms with van der Waals surface area (Å²) in [6.45, 7) is 28.9. The third kappa shape index (κ3) is 6.43. The minimum absolute atomic E-state index is 0.263. The molecule has 0 fully saturated rings. The Bertz CT molecular complexity index is 6000. The summed E-state index contributed by atoms with van der Waals surface area (Å²) >= 11 is 0. The smallest absolute Gasteiger partial charge is 0.144 e. The molecular weight excluding hydrogens is 1130 g/mol. The predicted molar refractivity (Wildman–Crippen MR) is 386 cm³/mol. The molecule has 20 rings (SSSR count). The zero-order valence-corrected chi connectivity index (χ0v) is 54.7. The summed E-state index contributed by atoms with van der Waals surface area (Å²) in [6, 6.07) is 75.5. The maximum absolute atomic E-state index is 7.22. The van der Waals surface area contributed by atoms with E-state index in [4.69, 9.17) is 13.3 Å². The van der Waals surface area contributed by atoms with E-state index in [1.54, 1.807) is 0 Å². The molecule has 4 nitrogen and oxygen atoms in total. The Morgan fingerprint density at radius 2 is 0.624 bits per heavy atom. The largest absolute Gasteiger partial charge is 0.455 e. The highest BCUT2D eigenvalue weighted by atomic mass is 16.3. The average molecular weight is 1200 g/mol. The molecule has 0 aliphatic heterocycles. The zero-order valence-electron chi connectivity index (χ0n) is 54.7. The van der Waals surface area contributed by atoms with Crippen molar-refractivity contribution in [1.29, 1.82) is 0 Å². The second-order valence-electron chi connectivity index (χ2n) is 30.3. The van der Waals surface area contributed by atoms with Crippen LogP contribution in [0, 0.1) is 13.8 Å². The molecule has 0 spiro atoms. The molecule has 5 aliphatic carbocycles. The topological polar surface area (TPSA) is 42.7 Å². The fraction of sp³-hybridized carbons (Fsp3) is 0.191. The monoisotopic (exact) mass is 1200 g/mol. The summed E-state index contributed by atoms with van der Waals surface area (Å²) < 4.78 is 21.4. The second kappa shape index (κ2) is 17.3. The summed E-state index contributed by atoms with van der Waals surface area (Å²) in [7, 11) is 0. The lowest BCUT2D eigenvalue weighted by molar-refractivity contribution is 0.600. The van der Waals surface area contributed by atoms with E-state index in [9.17, 15) is 0 Å². The molecule has 0 saturated carbocycles. The van der Waals surface area contributed by atoms with Crippen LogP contribution in [0.4, 0.5) is 17.1 Å². The Hall–Kier alpha value is -10.2. The fourth-order valence-electron chi connectivity index (χ4n) is 19.3. The van der Waals surface area contributed by atoms with Gasteiger partial charge >= 0.3 is 0 Å². The third-order valence-electron chi connectivity index (χ3n) is 23.5. The van der Waals surface area contributed by atoms with Crippen LogP contribution in [-0.2, 0) is 27.1 Å². The first-order chi connectivity index (χ1) is 44.8. The molecule has 3 heterocycles. The molecule has 15 aromatic rings. The number of anilines is 3. The summed E-state index contributed by atoms with van der Waals surface area (Å²) in [6.07, 6.45) is 0. The maximum Gasteiger partial charge on any atom is 0.144 e. The number of fused-ring (bicyclic) bond motifs is 31. The number of aryl methyl sites for hydroxylation is 2. The molecule has 0 unspecified atom stereocenters. The van der Waals surface area contributed by atoms with E-state index >= 15 is 0 Å². The highest BCUT2D eigenvalue weighted by Crippen LogP contribution is 2.67. The lowest BCUT2D eigenvalue weighted by atomic mass is 9.72.